The Kier molecular flexibility index (Phi) is 4.04. The van der Waals surface area contributed by atoms with Crippen molar-refractivity contribution >= 4 is 11.6 Å². The van der Waals surface area contributed by atoms with Crippen LogP contribution in [0, 0.1) is 0 Å². The van der Waals surface area contributed by atoms with Crippen molar-refractivity contribution in [3.05, 3.63) is 11.9 Å². The highest BCUT2D eigenvalue weighted by atomic mass is 15.3. The molecule has 2 rings (SSSR count). The van der Waals surface area contributed by atoms with Gasteiger partial charge in [0.25, 0.3) is 0 Å². The predicted octanol–water partition coefficient (Wildman–Crippen LogP) is 2.78. The van der Waals surface area contributed by atoms with Crippen LogP contribution < -0.4 is 10.6 Å². The first kappa shape index (κ1) is 13.1. The molecule has 4 nitrogen and oxygen atoms in total. The maximum absolute atomic E-state index is 6.03. The second kappa shape index (κ2) is 5.55. The summed E-state index contributed by atoms with van der Waals surface area (Å²) >= 11 is 0. The highest BCUT2D eigenvalue weighted by molar-refractivity contribution is 5.58. The van der Waals surface area contributed by atoms with Crippen molar-refractivity contribution in [2.75, 3.05) is 10.6 Å². The lowest BCUT2D eigenvalue weighted by atomic mass is 10.1. The smallest absolute Gasteiger partial charge is 0.137 e. The van der Waals surface area contributed by atoms with Crippen LogP contribution in [-0.2, 0) is 6.42 Å². The number of hydrogen-bond acceptors (Lipinski definition) is 4. The van der Waals surface area contributed by atoms with Crippen LogP contribution in [0.3, 0.4) is 0 Å². The molecule has 1 saturated heterocycles. The standard InChI is InChI=1S/C14H24N4/c1-4-6-12-13(15)16-9-17-14(12)18-10(3)7-8-11(18)5-2/h9-11H,4-8H2,1-3H3,(H2,15,16,17). The third-order valence-corrected chi connectivity index (χ3v) is 3.96. The van der Waals surface area contributed by atoms with Crippen molar-refractivity contribution in [1.82, 2.24) is 9.97 Å². The van der Waals surface area contributed by atoms with Gasteiger partial charge in [-0.05, 0) is 32.6 Å². The quantitative estimate of drug-likeness (QED) is 0.890. The fourth-order valence-electron chi connectivity index (χ4n) is 2.98. The molecule has 2 heterocycles. The maximum atomic E-state index is 6.03. The van der Waals surface area contributed by atoms with Crippen LogP contribution >= 0.6 is 0 Å². The van der Waals surface area contributed by atoms with Crippen molar-refractivity contribution in [3.8, 4) is 0 Å². The molecule has 2 unspecified atom stereocenters. The fourth-order valence-corrected chi connectivity index (χ4v) is 2.98. The number of nitrogens with zero attached hydrogens (tertiary/aromatic N) is 3. The van der Waals surface area contributed by atoms with E-state index in [9.17, 15) is 0 Å². The van der Waals surface area contributed by atoms with E-state index in [0.717, 1.165) is 24.2 Å². The lowest BCUT2D eigenvalue weighted by Gasteiger charge is -2.31. The van der Waals surface area contributed by atoms with Gasteiger partial charge in [-0.2, -0.15) is 0 Å². The minimum Gasteiger partial charge on any atom is -0.383 e. The van der Waals surface area contributed by atoms with Crippen LogP contribution in [0.15, 0.2) is 6.33 Å². The lowest BCUT2D eigenvalue weighted by molar-refractivity contribution is 0.616. The van der Waals surface area contributed by atoms with E-state index in [-0.39, 0.29) is 0 Å². The SMILES string of the molecule is CCCc1c(N)ncnc1N1C(C)CCC1CC. The summed E-state index contributed by atoms with van der Waals surface area (Å²) in [5.74, 6) is 1.72. The molecule has 0 radical (unpaired) electrons. The Bertz CT molecular complexity index is 405. The number of aromatic nitrogens is 2. The fraction of sp³-hybridized carbons (Fsp3) is 0.714. The van der Waals surface area contributed by atoms with Gasteiger partial charge in [-0.15, -0.1) is 0 Å². The van der Waals surface area contributed by atoms with Gasteiger partial charge in [-0.25, -0.2) is 9.97 Å². The van der Waals surface area contributed by atoms with Crippen molar-refractivity contribution < 1.29 is 0 Å². The molecular weight excluding hydrogens is 224 g/mol. The van der Waals surface area contributed by atoms with Crippen LogP contribution in [0.25, 0.3) is 0 Å². The number of hydrogen-bond donors (Lipinski definition) is 1. The lowest BCUT2D eigenvalue weighted by Crippen LogP contribution is -2.35. The molecule has 0 bridgehead atoms. The highest BCUT2D eigenvalue weighted by Gasteiger charge is 2.32. The van der Waals surface area contributed by atoms with E-state index in [1.807, 2.05) is 0 Å². The normalized spacial score (nSPS) is 23.6. The van der Waals surface area contributed by atoms with Gasteiger partial charge in [-0.3, -0.25) is 0 Å². The van der Waals surface area contributed by atoms with Gasteiger partial charge >= 0.3 is 0 Å². The van der Waals surface area contributed by atoms with Crippen LogP contribution in [0.5, 0.6) is 0 Å². The predicted molar refractivity (Wildman–Crippen MR) is 75.7 cm³/mol. The van der Waals surface area contributed by atoms with Gasteiger partial charge in [0.2, 0.25) is 0 Å². The summed E-state index contributed by atoms with van der Waals surface area (Å²) in [5.41, 5.74) is 7.16. The molecule has 0 saturated carbocycles. The van der Waals surface area contributed by atoms with Crippen LogP contribution in [0.4, 0.5) is 11.6 Å². The van der Waals surface area contributed by atoms with Crippen molar-refractivity contribution in [2.45, 2.75) is 65.0 Å². The number of anilines is 2. The summed E-state index contributed by atoms with van der Waals surface area (Å²) in [5, 5.41) is 0. The topological polar surface area (TPSA) is 55.0 Å². The highest BCUT2D eigenvalue weighted by Crippen LogP contribution is 2.34. The molecule has 1 aromatic rings. The van der Waals surface area contributed by atoms with Gasteiger partial charge in [0, 0.05) is 17.6 Å². The molecule has 1 fully saturated rings. The van der Waals surface area contributed by atoms with Gasteiger partial charge in [0.05, 0.1) is 0 Å². The Labute approximate surface area is 110 Å². The summed E-state index contributed by atoms with van der Waals surface area (Å²) in [7, 11) is 0. The van der Waals surface area contributed by atoms with E-state index in [4.69, 9.17) is 5.73 Å². The average molecular weight is 248 g/mol. The van der Waals surface area contributed by atoms with E-state index in [2.05, 4.69) is 35.6 Å². The number of nitrogens with two attached hydrogens (primary N) is 1. The number of nitrogen functional groups attached to an aromatic ring is 1. The molecule has 0 spiro atoms. The minimum absolute atomic E-state index is 0.555. The van der Waals surface area contributed by atoms with E-state index >= 15 is 0 Å². The van der Waals surface area contributed by atoms with Gasteiger partial charge in [0.15, 0.2) is 0 Å². The first-order valence-electron chi connectivity index (χ1n) is 7.06. The first-order valence-corrected chi connectivity index (χ1v) is 7.06. The Morgan fingerprint density at radius 3 is 2.78 bits per heavy atom. The third kappa shape index (κ3) is 2.28. The van der Waals surface area contributed by atoms with E-state index in [1.165, 1.54) is 19.3 Å². The largest absolute Gasteiger partial charge is 0.383 e. The van der Waals surface area contributed by atoms with Crippen molar-refractivity contribution in [1.29, 1.82) is 0 Å². The second-order valence-corrected chi connectivity index (χ2v) is 5.21. The van der Waals surface area contributed by atoms with Gasteiger partial charge in [0.1, 0.15) is 18.0 Å². The Morgan fingerprint density at radius 2 is 2.11 bits per heavy atom. The van der Waals surface area contributed by atoms with Gasteiger partial charge < -0.3 is 10.6 Å². The molecule has 1 aliphatic rings. The summed E-state index contributed by atoms with van der Waals surface area (Å²) in [4.78, 5) is 11.1. The zero-order valence-corrected chi connectivity index (χ0v) is 11.7. The summed E-state index contributed by atoms with van der Waals surface area (Å²) < 4.78 is 0. The van der Waals surface area contributed by atoms with Crippen LogP contribution in [0.1, 0.15) is 52.0 Å². The summed E-state index contributed by atoms with van der Waals surface area (Å²) in [6.07, 6.45) is 7.30. The third-order valence-electron chi connectivity index (χ3n) is 3.96. The summed E-state index contributed by atoms with van der Waals surface area (Å²) in [6, 6.07) is 1.16. The molecule has 18 heavy (non-hydrogen) atoms. The molecule has 2 atom stereocenters. The van der Waals surface area contributed by atoms with E-state index < -0.39 is 0 Å². The number of rotatable bonds is 4. The zero-order valence-electron chi connectivity index (χ0n) is 11.7. The molecule has 0 aliphatic carbocycles. The monoisotopic (exact) mass is 248 g/mol. The average Bonchev–Trinajstić information content (AvgIpc) is 2.73. The Morgan fingerprint density at radius 1 is 1.33 bits per heavy atom. The minimum atomic E-state index is 0.555. The van der Waals surface area contributed by atoms with Crippen molar-refractivity contribution in [3.63, 3.8) is 0 Å². The molecule has 100 valence electrons. The Balaban J connectivity index is 2.39. The summed E-state index contributed by atoms with van der Waals surface area (Å²) in [6.45, 7) is 6.70. The molecular formula is C14H24N4. The molecule has 2 N–H and O–H groups in total. The maximum Gasteiger partial charge on any atom is 0.137 e. The second-order valence-electron chi connectivity index (χ2n) is 5.21. The molecule has 1 aliphatic heterocycles. The molecule has 4 heteroatoms. The van der Waals surface area contributed by atoms with E-state index in [0.29, 0.717) is 17.9 Å². The van der Waals surface area contributed by atoms with Gasteiger partial charge in [-0.1, -0.05) is 20.3 Å². The van der Waals surface area contributed by atoms with Crippen molar-refractivity contribution in [2.24, 2.45) is 0 Å². The van der Waals surface area contributed by atoms with E-state index in [1.54, 1.807) is 6.33 Å². The van der Waals surface area contributed by atoms with Crippen LogP contribution in [-0.4, -0.2) is 22.1 Å². The van der Waals surface area contributed by atoms with Crippen LogP contribution in [0.2, 0.25) is 0 Å². The molecule has 0 aromatic carbocycles. The zero-order chi connectivity index (χ0) is 13.1. The molecule has 0 amide bonds. The molecule has 1 aromatic heterocycles. The Hall–Kier alpha value is -1.32. The first-order chi connectivity index (χ1) is 8.69.